The van der Waals surface area contributed by atoms with Crippen LogP contribution in [0.1, 0.15) is 11.3 Å². The van der Waals surface area contributed by atoms with Gasteiger partial charge in [0, 0.05) is 18.7 Å². The van der Waals surface area contributed by atoms with Gasteiger partial charge in [0.2, 0.25) is 10.0 Å². The molecule has 3 aromatic heterocycles. The number of anilines is 1. The third-order valence-corrected chi connectivity index (χ3v) is 8.34. The minimum absolute atomic E-state index is 0.0279. The summed E-state index contributed by atoms with van der Waals surface area (Å²) in [5.41, 5.74) is 1.71. The van der Waals surface area contributed by atoms with Crippen molar-refractivity contribution in [3.63, 3.8) is 0 Å². The molecule has 40 heavy (non-hydrogen) atoms. The maximum atomic E-state index is 13.8. The summed E-state index contributed by atoms with van der Waals surface area (Å²) in [6, 6.07) is 4.86. The third-order valence-electron chi connectivity index (χ3n) is 5.04. The Balaban J connectivity index is 1.65. The number of thiophene rings is 1. The first-order valence-electron chi connectivity index (χ1n) is 10.7. The summed E-state index contributed by atoms with van der Waals surface area (Å²) in [7, 11) is -3.98. The van der Waals surface area contributed by atoms with Gasteiger partial charge in [0.1, 0.15) is 8.55 Å². The van der Waals surface area contributed by atoms with Gasteiger partial charge in [0.05, 0.1) is 23.1 Å². The Morgan fingerprint density at radius 3 is 2.38 bits per heavy atom. The van der Waals surface area contributed by atoms with Crippen molar-refractivity contribution in [3.8, 4) is 17.0 Å². The van der Waals surface area contributed by atoms with Crippen LogP contribution in [-0.2, 0) is 22.4 Å². The van der Waals surface area contributed by atoms with Crippen molar-refractivity contribution in [2.75, 3.05) is 18.4 Å². The number of carbonyl (C=O) groups is 1. The number of ether oxygens (including phenoxy) is 1. The zero-order chi connectivity index (χ0) is 29.5. The molecule has 1 amide bonds. The van der Waals surface area contributed by atoms with E-state index in [1.807, 2.05) is 0 Å². The molecule has 0 atom stereocenters. The first-order valence-corrected chi connectivity index (χ1v) is 13.4. The van der Waals surface area contributed by atoms with E-state index < -0.39 is 51.1 Å². The SMILES string of the molecule is NCCNS(=O)(=O)c1cc(NC(=O)Oc2cnn3c(C(F)(F)F)cc(-c4ccc(C(F)(F)F)cc4)nc23)c(Cl)s1. The van der Waals surface area contributed by atoms with Crippen LogP contribution >= 0.6 is 22.9 Å². The second-order valence-corrected chi connectivity index (χ2v) is 11.4. The zero-order valence-electron chi connectivity index (χ0n) is 19.5. The molecule has 19 heteroatoms. The van der Waals surface area contributed by atoms with Crippen molar-refractivity contribution in [1.29, 1.82) is 0 Å². The van der Waals surface area contributed by atoms with Crippen molar-refractivity contribution in [1.82, 2.24) is 19.3 Å². The maximum Gasteiger partial charge on any atom is 0.433 e. The number of halogens is 7. The van der Waals surface area contributed by atoms with Gasteiger partial charge in [-0.2, -0.15) is 31.4 Å². The average molecular weight is 629 g/mol. The monoisotopic (exact) mass is 628 g/mol. The van der Waals surface area contributed by atoms with Gasteiger partial charge in [-0.1, -0.05) is 23.7 Å². The Bertz CT molecular complexity index is 1670. The molecule has 214 valence electrons. The van der Waals surface area contributed by atoms with Crippen LogP contribution in [0.4, 0.5) is 36.8 Å². The second-order valence-electron chi connectivity index (χ2n) is 7.80. The van der Waals surface area contributed by atoms with Crippen molar-refractivity contribution in [3.05, 3.63) is 58.2 Å². The number of amides is 1. The highest BCUT2D eigenvalue weighted by atomic mass is 35.5. The molecule has 0 aliphatic carbocycles. The highest BCUT2D eigenvalue weighted by molar-refractivity contribution is 7.91. The van der Waals surface area contributed by atoms with E-state index in [1.165, 1.54) is 0 Å². The minimum atomic E-state index is -4.97. The minimum Gasteiger partial charge on any atom is -0.404 e. The van der Waals surface area contributed by atoms with Crippen molar-refractivity contribution >= 4 is 50.4 Å². The number of hydrogen-bond donors (Lipinski definition) is 3. The Kier molecular flexibility index (Phi) is 8.01. The quantitative estimate of drug-likeness (QED) is 0.245. The summed E-state index contributed by atoms with van der Waals surface area (Å²) in [5.74, 6) is -0.541. The lowest BCUT2D eigenvalue weighted by molar-refractivity contribution is -0.142. The fourth-order valence-electron chi connectivity index (χ4n) is 3.26. The number of aromatic nitrogens is 3. The van der Waals surface area contributed by atoms with E-state index in [4.69, 9.17) is 22.1 Å². The Hall–Kier alpha value is -3.45. The van der Waals surface area contributed by atoms with E-state index in [-0.39, 0.29) is 38.6 Å². The van der Waals surface area contributed by atoms with Crippen LogP contribution in [0.5, 0.6) is 5.75 Å². The number of nitrogens with one attached hydrogen (secondary N) is 2. The largest absolute Gasteiger partial charge is 0.433 e. The lowest BCUT2D eigenvalue weighted by Crippen LogP contribution is -2.28. The molecule has 3 heterocycles. The molecule has 4 aromatic rings. The summed E-state index contributed by atoms with van der Waals surface area (Å²) in [5, 5.41) is 5.75. The van der Waals surface area contributed by atoms with Gasteiger partial charge in [-0.05, 0) is 24.3 Å². The van der Waals surface area contributed by atoms with Crippen molar-refractivity contribution < 1.29 is 44.3 Å². The molecular formula is C21H15ClF6N6O4S2. The molecule has 0 spiro atoms. The number of nitrogens with zero attached hydrogens (tertiary/aromatic N) is 3. The molecule has 1 aromatic carbocycles. The summed E-state index contributed by atoms with van der Waals surface area (Å²) < 4.78 is 112. The summed E-state index contributed by atoms with van der Waals surface area (Å²) >= 11 is 6.62. The highest BCUT2D eigenvalue weighted by Gasteiger charge is 2.36. The fraction of sp³-hybridized carbons (Fsp3) is 0.190. The first kappa shape index (κ1) is 29.5. The molecule has 0 aliphatic rings. The number of rotatable bonds is 7. The first-order chi connectivity index (χ1) is 18.6. The van der Waals surface area contributed by atoms with Gasteiger partial charge >= 0.3 is 18.4 Å². The van der Waals surface area contributed by atoms with E-state index in [1.54, 1.807) is 0 Å². The van der Waals surface area contributed by atoms with Gasteiger partial charge in [0.25, 0.3) is 0 Å². The van der Waals surface area contributed by atoms with E-state index in [2.05, 4.69) is 20.1 Å². The van der Waals surface area contributed by atoms with Crippen molar-refractivity contribution in [2.24, 2.45) is 5.73 Å². The van der Waals surface area contributed by atoms with Crippen molar-refractivity contribution in [2.45, 2.75) is 16.6 Å². The van der Waals surface area contributed by atoms with Crippen LogP contribution in [0, 0.1) is 0 Å². The standard InChI is InChI=1S/C21H15ClF6N6O4S2/c22-17-13(8-16(39-17)40(36,37)31-6-5-29)33-19(35)38-14-9-30-34-15(21(26,27)28)7-12(32-18(14)34)10-1-3-11(4-2-10)20(23,24)25/h1-4,7-9,31H,5-6,29H2,(H,33,35). The molecule has 0 saturated heterocycles. The molecule has 10 nitrogen and oxygen atoms in total. The fourth-order valence-corrected chi connectivity index (χ4v) is 5.99. The zero-order valence-corrected chi connectivity index (χ0v) is 21.9. The second kappa shape index (κ2) is 10.8. The summed E-state index contributed by atoms with van der Waals surface area (Å²) in [6.07, 6.45) is -10.1. The number of carbonyl (C=O) groups excluding carboxylic acids is 1. The predicted molar refractivity (Wildman–Crippen MR) is 132 cm³/mol. The van der Waals surface area contributed by atoms with Crippen LogP contribution in [-0.4, -0.2) is 42.2 Å². The third kappa shape index (κ3) is 6.30. The van der Waals surface area contributed by atoms with Gasteiger partial charge < -0.3 is 10.5 Å². The molecule has 0 bridgehead atoms. The molecular weight excluding hydrogens is 614 g/mol. The Morgan fingerprint density at radius 2 is 1.77 bits per heavy atom. The number of alkyl halides is 6. The predicted octanol–water partition coefficient (Wildman–Crippen LogP) is 5.00. The van der Waals surface area contributed by atoms with Crippen LogP contribution < -0.4 is 20.5 Å². The molecule has 4 rings (SSSR count). The van der Waals surface area contributed by atoms with E-state index >= 15 is 0 Å². The number of benzene rings is 1. The van der Waals surface area contributed by atoms with E-state index in [9.17, 15) is 39.6 Å². The van der Waals surface area contributed by atoms with E-state index in [0.717, 1.165) is 24.4 Å². The van der Waals surface area contributed by atoms with Crippen LogP contribution in [0.2, 0.25) is 4.34 Å². The van der Waals surface area contributed by atoms with Gasteiger partial charge in [-0.15, -0.1) is 11.3 Å². The lowest BCUT2D eigenvalue weighted by atomic mass is 10.1. The molecule has 0 radical (unpaired) electrons. The van der Waals surface area contributed by atoms with E-state index in [0.29, 0.717) is 34.1 Å². The Morgan fingerprint density at radius 1 is 1.10 bits per heavy atom. The molecule has 4 N–H and O–H groups in total. The normalized spacial score (nSPS) is 12.6. The van der Waals surface area contributed by atoms with Gasteiger partial charge in [-0.3, -0.25) is 5.32 Å². The molecule has 0 saturated carbocycles. The number of nitrogens with two attached hydrogens (primary N) is 1. The summed E-state index contributed by atoms with van der Waals surface area (Å²) in [6.45, 7) is -0.0289. The number of fused-ring (bicyclic) bond motifs is 1. The lowest BCUT2D eigenvalue weighted by Gasteiger charge is -2.12. The van der Waals surface area contributed by atoms with Crippen LogP contribution in [0.15, 0.2) is 46.8 Å². The average Bonchev–Trinajstić information content (AvgIpc) is 3.44. The van der Waals surface area contributed by atoms with Crippen LogP contribution in [0.3, 0.4) is 0 Å². The smallest absolute Gasteiger partial charge is 0.404 e. The van der Waals surface area contributed by atoms with Gasteiger partial charge in [-0.25, -0.2) is 27.4 Å². The number of hydrogen-bond acceptors (Lipinski definition) is 8. The summed E-state index contributed by atoms with van der Waals surface area (Å²) in [4.78, 5) is 16.5. The highest BCUT2D eigenvalue weighted by Crippen LogP contribution is 2.37. The topological polar surface area (TPSA) is 141 Å². The molecule has 0 unspecified atom stereocenters. The van der Waals surface area contributed by atoms with Gasteiger partial charge in [0.15, 0.2) is 17.1 Å². The molecule has 0 fully saturated rings. The Labute approximate surface area is 229 Å². The maximum absolute atomic E-state index is 13.8. The molecule has 0 aliphatic heterocycles. The number of sulfonamides is 1. The van der Waals surface area contributed by atoms with Crippen LogP contribution in [0.25, 0.3) is 16.9 Å².